The zero-order chi connectivity index (χ0) is 15.5. The summed E-state index contributed by atoms with van der Waals surface area (Å²) in [6.07, 6.45) is 5.52. The monoisotopic (exact) mass is 309 g/mol. The van der Waals surface area contributed by atoms with Crippen molar-refractivity contribution in [3.8, 4) is 0 Å². The molecule has 0 radical (unpaired) electrons. The summed E-state index contributed by atoms with van der Waals surface area (Å²) in [6, 6.07) is 7.94. The number of hydrogen-bond acceptors (Lipinski definition) is 2. The Labute approximate surface area is 131 Å². The van der Waals surface area contributed by atoms with E-state index in [1.165, 1.54) is 6.42 Å². The average molecular weight is 310 g/mol. The molecule has 1 aromatic carbocycles. The van der Waals surface area contributed by atoms with Crippen molar-refractivity contribution < 1.29 is 9.90 Å². The lowest BCUT2D eigenvalue weighted by atomic mass is 9.77. The molecule has 0 spiro atoms. The summed E-state index contributed by atoms with van der Waals surface area (Å²) in [5.74, 6) is -0.713. The van der Waals surface area contributed by atoms with Crippen molar-refractivity contribution in [3.63, 3.8) is 0 Å². The third kappa shape index (κ3) is 3.58. The number of carbonyl (C=O) groups is 1. The van der Waals surface area contributed by atoms with E-state index < -0.39 is 5.97 Å². The van der Waals surface area contributed by atoms with Crippen molar-refractivity contribution in [2.75, 3.05) is 7.05 Å². The summed E-state index contributed by atoms with van der Waals surface area (Å²) < 4.78 is 0. The first kappa shape index (κ1) is 16.3. The van der Waals surface area contributed by atoms with Gasteiger partial charge in [-0.3, -0.25) is 9.69 Å². The van der Waals surface area contributed by atoms with Crippen molar-refractivity contribution in [1.82, 2.24) is 4.90 Å². The number of carboxylic acids is 1. The van der Waals surface area contributed by atoms with Gasteiger partial charge in [0.05, 0.1) is 6.42 Å². The van der Waals surface area contributed by atoms with Crippen LogP contribution in [0.2, 0.25) is 5.02 Å². The molecule has 0 amide bonds. The van der Waals surface area contributed by atoms with E-state index in [1.807, 2.05) is 31.3 Å². The van der Waals surface area contributed by atoms with Crippen LogP contribution in [0.15, 0.2) is 24.3 Å². The molecule has 3 nitrogen and oxygen atoms in total. The van der Waals surface area contributed by atoms with Gasteiger partial charge in [-0.1, -0.05) is 49.1 Å². The van der Waals surface area contributed by atoms with Crippen LogP contribution in [0, 0.1) is 0 Å². The first-order valence-electron chi connectivity index (χ1n) is 7.65. The van der Waals surface area contributed by atoms with Crippen molar-refractivity contribution in [1.29, 1.82) is 0 Å². The van der Waals surface area contributed by atoms with Crippen LogP contribution in [-0.2, 0) is 4.79 Å². The summed E-state index contributed by atoms with van der Waals surface area (Å²) in [4.78, 5) is 13.6. The van der Waals surface area contributed by atoms with Gasteiger partial charge in [0.1, 0.15) is 0 Å². The average Bonchev–Trinajstić information content (AvgIpc) is 2.46. The minimum absolute atomic E-state index is 0.108. The minimum atomic E-state index is -0.713. The molecule has 0 heterocycles. The summed E-state index contributed by atoms with van der Waals surface area (Å²) in [7, 11) is 2.04. The van der Waals surface area contributed by atoms with Gasteiger partial charge in [0.15, 0.2) is 0 Å². The normalized spacial score (nSPS) is 19.4. The quantitative estimate of drug-likeness (QED) is 0.870. The molecule has 0 aliphatic heterocycles. The van der Waals surface area contributed by atoms with Gasteiger partial charge in [-0.2, -0.15) is 0 Å². The first-order valence-corrected chi connectivity index (χ1v) is 8.03. The van der Waals surface area contributed by atoms with Gasteiger partial charge < -0.3 is 5.11 Å². The third-order valence-electron chi connectivity index (χ3n) is 4.95. The summed E-state index contributed by atoms with van der Waals surface area (Å²) in [5.41, 5.74) is 0.819. The molecule has 0 saturated heterocycles. The van der Waals surface area contributed by atoms with Crippen molar-refractivity contribution in [2.45, 2.75) is 57.0 Å². The minimum Gasteiger partial charge on any atom is -0.481 e. The highest BCUT2D eigenvalue weighted by atomic mass is 35.5. The van der Waals surface area contributed by atoms with Crippen LogP contribution in [0.25, 0.3) is 0 Å². The highest BCUT2D eigenvalue weighted by Gasteiger charge is 2.40. The van der Waals surface area contributed by atoms with Gasteiger partial charge in [-0.25, -0.2) is 0 Å². The van der Waals surface area contributed by atoms with Crippen LogP contribution in [0.3, 0.4) is 0 Å². The van der Waals surface area contributed by atoms with E-state index in [0.29, 0.717) is 0 Å². The van der Waals surface area contributed by atoms with E-state index >= 15 is 0 Å². The predicted molar refractivity (Wildman–Crippen MR) is 85.7 cm³/mol. The van der Waals surface area contributed by atoms with Gasteiger partial charge in [-0.05, 0) is 38.4 Å². The number of halogens is 1. The number of nitrogens with zero attached hydrogens (tertiary/aromatic N) is 1. The fraction of sp³-hybridized carbons (Fsp3) is 0.588. The van der Waals surface area contributed by atoms with Crippen molar-refractivity contribution in [2.24, 2.45) is 0 Å². The standard InChI is InChI=1S/C17H24ClNO2/c1-13(14-8-4-5-9-15(14)18)19(2)17(12-16(20)21)10-6-3-7-11-17/h4-5,8-9,13H,3,6-7,10-12H2,1-2H3,(H,20,21). The molecular formula is C17H24ClNO2. The molecule has 1 fully saturated rings. The Bertz CT molecular complexity index is 497. The Morgan fingerprint density at radius 3 is 2.52 bits per heavy atom. The zero-order valence-electron chi connectivity index (χ0n) is 12.8. The Kier molecular flexibility index (Phi) is 5.28. The SMILES string of the molecule is CC(c1ccccc1Cl)N(C)C1(CC(=O)O)CCCCC1. The smallest absolute Gasteiger partial charge is 0.305 e. The van der Waals surface area contributed by atoms with Gasteiger partial charge in [0.2, 0.25) is 0 Å². The first-order chi connectivity index (χ1) is 9.96. The van der Waals surface area contributed by atoms with Crippen LogP contribution >= 0.6 is 11.6 Å². The largest absolute Gasteiger partial charge is 0.481 e. The molecule has 2 rings (SSSR count). The van der Waals surface area contributed by atoms with Crippen LogP contribution in [0.1, 0.15) is 57.1 Å². The van der Waals surface area contributed by atoms with Crippen LogP contribution in [0.4, 0.5) is 0 Å². The fourth-order valence-corrected chi connectivity index (χ4v) is 3.87. The molecular weight excluding hydrogens is 286 g/mol. The van der Waals surface area contributed by atoms with Gasteiger partial charge in [0, 0.05) is 16.6 Å². The maximum atomic E-state index is 11.4. The topological polar surface area (TPSA) is 40.5 Å². The molecule has 0 aromatic heterocycles. The maximum Gasteiger partial charge on any atom is 0.305 e. The molecule has 0 bridgehead atoms. The lowest BCUT2D eigenvalue weighted by Gasteiger charge is -2.47. The highest BCUT2D eigenvalue weighted by molar-refractivity contribution is 6.31. The van der Waals surface area contributed by atoms with E-state index in [1.54, 1.807) is 0 Å². The zero-order valence-corrected chi connectivity index (χ0v) is 13.6. The number of rotatable bonds is 5. The van der Waals surface area contributed by atoms with Gasteiger partial charge in [-0.15, -0.1) is 0 Å². The molecule has 1 saturated carbocycles. The van der Waals surface area contributed by atoms with Crippen molar-refractivity contribution >= 4 is 17.6 Å². The van der Waals surface area contributed by atoms with Crippen LogP contribution in [-0.4, -0.2) is 28.6 Å². The summed E-state index contributed by atoms with van der Waals surface area (Å²) in [6.45, 7) is 2.11. The fourth-order valence-electron chi connectivity index (χ4n) is 3.58. The van der Waals surface area contributed by atoms with Gasteiger partial charge in [0.25, 0.3) is 0 Å². The molecule has 21 heavy (non-hydrogen) atoms. The predicted octanol–water partition coefficient (Wildman–Crippen LogP) is 4.51. The second-order valence-electron chi connectivity index (χ2n) is 6.16. The Hall–Kier alpha value is -1.06. The van der Waals surface area contributed by atoms with Crippen LogP contribution < -0.4 is 0 Å². The highest BCUT2D eigenvalue weighted by Crippen LogP contribution is 2.41. The molecule has 1 aliphatic rings. The van der Waals surface area contributed by atoms with E-state index in [2.05, 4.69) is 11.8 Å². The second-order valence-corrected chi connectivity index (χ2v) is 6.57. The molecule has 1 aliphatic carbocycles. The lowest BCUT2D eigenvalue weighted by Crippen LogP contribution is -2.50. The van der Waals surface area contributed by atoms with E-state index in [0.717, 1.165) is 36.3 Å². The Morgan fingerprint density at radius 1 is 1.33 bits per heavy atom. The molecule has 1 unspecified atom stereocenters. The number of aliphatic carboxylic acids is 1. The van der Waals surface area contributed by atoms with E-state index in [-0.39, 0.29) is 18.0 Å². The van der Waals surface area contributed by atoms with Crippen LogP contribution in [0.5, 0.6) is 0 Å². The number of hydrogen-bond donors (Lipinski definition) is 1. The van der Waals surface area contributed by atoms with Gasteiger partial charge >= 0.3 is 5.97 Å². The lowest BCUT2D eigenvalue weighted by molar-refractivity contribution is -0.141. The molecule has 1 atom stereocenters. The second kappa shape index (κ2) is 6.80. The molecule has 1 N–H and O–H groups in total. The summed E-state index contributed by atoms with van der Waals surface area (Å²) in [5, 5.41) is 10.1. The molecule has 116 valence electrons. The molecule has 4 heteroatoms. The Balaban J connectivity index is 2.27. The Morgan fingerprint density at radius 2 is 1.95 bits per heavy atom. The number of carboxylic acid groups (broad SMARTS) is 1. The summed E-state index contributed by atoms with van der Waals surface area (Å²) >= 11 is 6.31. The van der Waals surface area contributed by atoms with E-state index in [9.17, 15) is 9.90 Å². The maximum absolute atomic E-state index is 11.4. The van der Waals surface area contributed by atoms with Crippen molar-refractivity contribution in [3.05, 3.63) is 34.9 Å². The number of benzene rings is 1. The molecule has 1 aromatic rings. The van der Waals surface area contributed by atoms with E-state index in [4.69, 9.17) is 11.6 Å². The third-order valence-corrected chi connectivity index (χ3v) is 5.29.